The smallest absolute Gasteiger partial charge is 0.262 e. The molecule has 0 radical (unpaired) electrons. The minimum absolute atomic E-state index is 0.223. The molecule has 0 spiro atoms. The summed E-state index contributed by atoms with van der Waals surface area (Å²) in [5.74, 6) is 0. The Bertz CT molecular complexity index is 843. The molecule has 3 aromatic rings. The molecule has 0 saturated carbocycles. The molecule has 3 rings (SSSR count). The van der Waals surface area contributed by atoms with E-state index in [1.807, 2.05) is 6.07 Å². The third kappa shape index (κ3) is 2.33. The largest absolute Gasteiger partial charge is 0.278 e. The quantitative estimate of drug-likeness (QED) is 0.802. The molecule has 0 atom stereocenters. The lowest BCUT2D eigenvalue weighted by Gasteiger charge is -2.09. The highest BCUT2D eigenvalue weighted by molar-refractivity contribution is 7.93. The topological polar surface area (TPSA) is 72.0 Å². The van der Waals surface area contributed by atoms with Crippen LogP contribution in [0.15, 0.2) is 66.1 Å². The van der Waals surface area contributed by atoms with Crippen molar-refractivity contribution in [3.05, 3.63) is 61.2 Å². The lowest BCUT2D eigenvalue weighted by atomic mass is 10.2. The Morgan fingerprint density at radius 2 is 1.75 bits per heavy atom. The molecular formula is C14H11N3O2S. The predicted molar refractivity (Wildman–Crippen MR) is 76.8 cm³/mol. The summed E-state index contributed by atoms with van der Waals surface area (Å²) in [6.45, 7) is 0. The summed E-state index contributed by atoms with van der Waals surface area (Å²) in [4.78, 5) is 8.11. The van der Waals surface area contributed by atoms with E-state index in [1.165, 1.54) is 6.20 Å². The summed E-state index contributed by atoms with van der Waals surface area (Å²) in [6.07, 6.45) is 6.26. The number of hydrogen-bond acceptors (Lipinski definition) is 4. The van der Waals surface area contributed by atoms with Gasteiger partial charge in [0.1, 0.15) is 0 Å². The van der Waals surface area contributed by atoms with Crippen molar-refractivity contribution in [3.63, 3.8) is 0 Å². The number of nitrogens with zero attached hydrogens (tertiary/aromatic N) is 2. The number of sulfonamides is 1. The molecule has 100 valence electrons. The van der Waals surface area contributed by atoms with Gasteiger partial charge in [-0.05, 0) is 24.3 Å². The fourth-order valence-corrected chi connectivity index (χ4v) is 3.23. The van der Waals surface area contributed by atoms with E-state index in [4.69, 9.17) is 0 Å². The van der Waals surface area contributed by atoms with E-state index in [-0.39, 0.29) is 4.90 Å². The summed E-state index contributed by atoms with van der Waals surface area (Å²) < 4.78 is 27.4. The van der Waals surface area contributed by atoms with Crippen molar-refractivity contribution >= 4 is 26.5 Å². The van der Waals surface area contributed by atoms with Crippen molar-refractivity contribution in [1.82, 2.24) is 9.97 Å². The van der Waals surface area contributed by atoms with Crippen LogP contribution >= 0.6 is 0 Å². The third-order valence-corrected chi connectivity index (χ3v) is 4.28. The Morgan fingerprint density at radius 3 is 2.55 bits per heavy atom. The van der Waals surface area contributed by atoms with Crippen LogP contribution in [-0.2, 0) is 10.0 Å². The van der Waals surface area contributed by atoms with Crippen LogP contribution < -0.4 is 4.72 Å². The first-order valence-corrected chi connectivity index (χ1v) is 7.41. The Balaban J connectivity index is 2.10. The van der Waals surface area contributed by atoms with Crippen LogP contribution in [-0.4, -0.2) is 18.4 Å². The van der Waals surface area contributed by atoms with E-state index in [9.17, 15) is 8.42 Å². The van der Waals surface area contributed by atoms with Crippen molar-refractivity contribution in [3.8, 4) is 0 Å². The van der Waals surface area contributed by atoms with Gasteiger partial charge in [-0.25, -0.2) is 8.42 Å². The molecule has 0 saturated heterocycles. The van der Waals surface area contributed by atoms with Crippen LogP contribution in [0.25, 0.3) is 10.8 Å². The zero-order chi connectivity index (χ0) is 14.0. The Hall–Kier alpha value is -2.47. The van der Waals surface area contributed by atoms with Gasteiger partial charge in [0.05, 0.1) is 16.8 Å². The average Bonchev–Trinajstić information content (AvgIpc) is 2.47. The van der Waals surface area contributed by atoms with Gasteiger partial charge in [-0.15, -0.1) is 0 Å². The minimum Gasteiger partial charge on any atom is -0.278 e. The fourth-order valence-electron chi connectivity index (χ4n) is 1.96. The third-order valence-electron chi connectivity index (χ3n) is 2.84. The maximum atomic E-state index is 12.5. The number of nitrogens with one attached hydrogen (secondary N) is 1. The van der Waals surface area contributed by atoms with Crippen LogP contribution in [0.4, 0.5) is 5.69 Å². The molecule has 2 heterocycles. The van der Waals surface area contributed by atoms with E-state index in [0.717, 1.165) is 5.39 Å². The van der Waals surface area contributed by atoms with Crippen molar-refractivity contribution in [1.29, 1.82) is 0 Å². The number of pyridine rings is 2. The van der Waals surface area contributed by atoms with Gasteiger partial charge in [0, 0.05) is 29.4 Å². The highest BCUT2D eigenvalue weighted by Crippen LogP contribution is 2.23. The number of hydrogen-bond donors (Lipinski definition) is 1. The molecule has 1 N–H and O–H groups in total. The first kappa shape index (κ1) is 12.6. The maximum Gasteiger partial charge on any atom is 0.262 e. The summed E-state index contributed by atoms with van der Waals surface area (Å²) in [5, 5.41) is 1.42. The van der Waals surface area contributed by atoms with E-state index in [2.05, 4.69) is 14.7 Å². The lowest BCUT2D eigenvalue weighted by molar-refractivity contribution is 0.602. The number of rotatable bonds is 3. The summed E-state index contributed by atoms with van der Waals surface area (Å²) in [5.41, 5.74) is 0.429. The zero-order valence-electron chi connectivity index (χ0n) is 10.4. The van der Waals surface area contributed by atoms with Gasteiger partial charge in [0.25, 0.3) is 10.0 Å². The number of benzene rings is 1. The molecule has 0 fully saturated rings. The second-order valence-electron chi connectivity index (χ2n) is 4.20. The van der Waals surface area contributed by atoms with Gasteiger partial charge < -0.3 is 0 Å². The molecule has 1 aromatic carbocycles. The van der Waals surface area contributed by atoms with Crippen LogP contribution in [0.5, 0.6) is 0 Å². The molecule has 6 heteroatoms. The van der Waals surface area contributed by atoms with Crippen molar-refractivity contribution in [2.24, 2.45) is 0 Å². The Labute approximate surface area is 116 Å². The van der Waals surface area contributed by atoms with E-state index < -0.39 is 10.0 Å². The van der Waals surface area contributed by atoms with E-state index in [1.54, 1.807) is 48.9 Å². The molecule has 5 nitrogen and oxygen atoms in total. The molecule has 0 aliphatic heterocycles. The first-order chi connectivity index (χ1) is 9.67. The van der Waals surface area contributed by atoms with Crippen molar-refractivity contribution in [2.45, 2.75) is 4.90 Å². The fraction of sp³-hybridized carbons (Fsp3) is 0. The summed E-state index contributed by atoms with van der Waals surface area (Å²) in [7, 11) is -3.66. The van der Waals surface area contributed by atoms with Crippen molar-refractivity contribution < 1.29 is 8.42 Å². The van der Waals surface area contributed by atoms with Gasteiger partial charge in [0.15, 0.2) is 0 Å². The molecule has 0 unspecified atom stereocenters. The standard InChI is InChI=1S/C14H11N3O2S/c18-20(19,17-12-4-2-7-15-10-12)14-5-1-3-11-9-16-8-6-13(11)14/h1-10,17H. The van der Waals surface area contributed by atoms with E-state index in [0.29, 0.717) is 11.1 Å². The molecule has 0 aliphatic rings. The predicted octanol–water partition coefficient (Wildman–Crippen LogP) is 2.43. The molecule has 0 bridgehead atoms. The number of aromatic nitrogens is 2. The van der Waals surface area contributed by atoms with Crippen LogP contribution in [0.1, 0.15) is 0 Å². The average molecular weight is 285 g/mol. The Kier molecular flexibility index (Phi) is 3.08. The summed E-state index contributed by atoms with van der Waals surface area (Å²) >= 11 is 0. The van der Waals surface area contributed by atoms with Crippen molar-refractivity contribution in [2.75, 3.05) is 4.72 Å². The summed E-state index contributed by atoms with van der Waals surface area (Å²) in [6, 6.07) is 10.1. The molecular weight excluding hydrogens is 274 g/mol. The highest BCUT2D eigenvalue weighted by atomic mass is 32.2. The second kappa shape index (κ2) is 4.90. The normalized spacial score (nSPS) is 11.4. The molecule has 20 heavy (non-hydrogen) atoms. The zero-order valence-corrected chi connectivity index (χ0v) is 11.2. The molecule has 0 amide bonds. The van der Waals surface area contributed by atoms with Gasteiger partial charge in [-0.3, -0.25) is 14.7 Å². The maximum absolute atomic E-state index is 12.5. The Morgan fingerprint density at radius 1 is 0.900 bits per heavy atom. The first-order valence-electron chi connectivity index (χ1n) is 5.92. The number of anilines is 1. The van der Waals surface area contributed by atoms with Gasteiger partial charge >= 0.3 is 0 Å². The van der Waals surface area contributed by atoms with Gasteiger partial charge in [-0.2, -0.15) is 0 Å². The van der Waals surface area contributed by atoms with Gasteiger partial charge in [0.2, 0.25) is 0 Å². The van der Waals surface area contributed by atoms with Gasteiger partial charge in [-0.1, -0.05) is 12.1 Å². The minimum atomic E-state index is -3.66. The van der Waals surface area contributed by atoms with E-state index >= 15 is 0 Å². The van der Waals surface area contributed by atoms with Crippen LogP contribution in [0, 0.1) is 0 Å². The highest BCUT2D eigenvalue weighted by Gasteiger charge is 2.17. The van der Waals surface area contributed by atoms with Crippen LogP contribution in [0.2, 0.25) is 0 Å². The van der Waals surface area contributed by atoms with Crippen LogP contribution in [0.3, 0.4) is 0 Å². The number of fused-ring (bicyclic) bond motifs is 1. The lowest BCUT2D eigenvalue weighted by Crippen LogP contribution is -2.13. The molecule has 2 aromatic heterocycles. The second-order valence-corrected chi connectivity index (χ2v) is 5.85. The monoisotopic (exact) mass is 285 g/mol. The SMILES string of the molecule is O=S(=O)(Nc1cccnc1)c1cccc2cnccc12. The molecule has 0 aliphatic carbocycles.